The van der Waals surface area contributed by atoms with E-state index in [9.17, 15) is 4.79 Å². The largest absolute Gasteiger partial charge is 0.441 e. The molecule has 0 spiro atoms. The van der Waals surface area contributed by atoms with Gasteiger partial charge in [0.05, 0.1) is 12.1 Å². The number of rotatable bonds is 5. The van der Waals surface area contributed by atoms with Crippen LogP contribution in [-0.4, -0.2) is 10.9 Å². The van der Waals surface area contributed by atoms with Gasteiger partial charge in [-0.1, -0.05) is 48.0 Å². The highest BCUT2D eigenvalue weighted by atomic mass is 35.5. The van der Waals surface area contributed by atoms with Gasteiger partial charge < -0.3 is 9.73 Å². The average molecular weight is 341 g/mol. The summed E-state index contributed by atoms with van der Waals surface area (Å²) >= 11 is 6.09. The summed E-state index contributed by atoms with van der Waals surface area (Å²) in [5.41, 5.74) is 2.42. The highest BCUT2D eigenvalue weighted by Gasteiger charge is 2.14. The van der Waals surface area contributed by atoms with Crippen LogP contribution in [0.15, 0.2) is 59.0 Å². The molecule has 24 heavy (non-hydrogen) atoms. The molecule has 5 heteroatoms. The molecular weight excluding hydrogens is 324 g/mol. The third kappa shape index (κ3) is 3.84. The van der Waals surface area contributed by atoms with Crippen molar-refractivity contribution < 1.29 is 9.21 Å². The van der Waals surface area contributed by atoms with Gasteiger partial charge in [0.2, 0.25) is 11.8 Å². The number of hydrogen-bond donors (Lipinski definition) is 1. The Morgan fingerprint density at radius 3 is 2.58 bits per heavy atom. The fourth-order valence-corrected chi connectivity index (χ4v) is 2.55. The van der Waals surface area contributed by atoms with Gasteiger partial charge in [0.1, 0.15) is 5.76 Å². The van der Waals surface area contributed by atoms with Gasteiger partial charge in [-0.3, -0.25) is 4.79 Å². The molecule has 0 aliphatic rings. The van der Waals surface area contributed by atoms with E-state index < -0.39 is 0 Å². The number of carbonyl (C=O) groups excluding carboxylic acids is 1. The number of nitrogens with zero attached hydrogens (tertiary/aromatic N) is 1. The highest BCUT2D eigenvalue weighted by molar-refractivity contribution is 6.31. The number of aromatic nitrogens is 1. The van der Waals surface area contributed by atoms with Crippen LogP contribution >= 0.6 is 11.6 Å². The van der Waals surface area contributed by atoms with E-state index in [-0.39, 0.29) is 12.3 Å². The molecule has 122 valence electrons. The Bertz CT molecular complexity index is 844. The van der Waals surface area contributed by atoms with Gasteiger partial charge in [-0.25, -0.2) is 4.98 Å². The first-order valence-electron chi connectivity index (χ1n) is 7.65. The minimum atomic E-state index is -0.120. The molecule has 1 aromatic heterocycles. The van der Waals surface area contributed by atoms with Gasteiger partial charge in [0.15, 0.2) is 0 Å². The van der Waals surface area contributed by atoms with Gasteiger partial charge in [-0.2, -0.15) is 0 Å². The van der Waals surface area contributed by atoms with E-state index in [1.807, 2.05) is 55.5 Å². The van der Waals surface area contributed by atoms with E-state index in [2.05, 4.69) is 10.3 Å². The fraction of sp³-hybridized carbons (Fsp3) is 0.158. The van der Waals surface area contributed by atoms with Gasteiger partial charge in [0, 0.05) is 17.1 Å². The Labute approximate surface area is 145 Å². The second kappa shape index (κ2) is 7.32. The normalized spacial score (nSPS) is 10.6. The molecule has 0 bridgehead atoms. The van der Waals surface area contributed by atoms with Crippen molar-refractivity contribution >= 4 is 17.5 Å². The third-order valence-electron chi connectivity index (χ3n) is 3.68. The number of halogens is 1. The molecule has 1 heterocycles. The minimum absolute atomic E-state index is 0.120. The minimum Gasteiger partial charge on any atom is -0.441 e. The molecule has 0 saturated heterocycles. The third-order valence-corrected chi connectivity index (χ3v) is 4.04. The molecule has 3 aromatic rings. The van der Waals surface area contributed by atoms with Crippen LogP contribution in [0.2, 0.25) is 5.02 Å². The van der Waals surface area contributed by atoms with E-state index in [1.54, 1.807) is 6.07 Å². The van der Waals surface area contributed by atoms with Gasteiger partial charge >= 0.3 is 0 Å². The smallest absolute Gasteiger partial charge is 0.226 e. The first kappa shape index (κ1) is 16.3. The van der Waals surface area contributed by atoms with Crippen molar-refractivity contribution in [2.45, 2.75) is 19.9 Å². The van der Waals surface area contributed by atoms with Gasteiger partial charge in [-0.15, -0.1) is 0 Å². The summed E-state index contributed by atoms with van der Waals surface area (Å²) in [6, 6.07) is 17.1. The molecule has 0 unspecified atom stereocenters. The van der Waals surface area contributed by atoms with E-state index >= 15 is 0 Å². The van der Waals surface area contributed by atoms with Crippen molar-refractivity contribution in [3.05, 3.63) is 76.6 Å². The van der Waals surface area contributed by atoms with Crippen LogP contribution in [0.1, 0.15) is 17.0 Å². The van der Waals surface area contributed by atoms with Crippen molar-refractivity contribution in [3.63, 3.8) is 0 Å². The van der Waals surface area contributed by atoms with Crippen molar-refractivity contribution in [3.8, 4) is 11.5 Å². The number of carbonyl (C=O) groups is 1. The summed E-state index contributed by atoms with van der Waals surface area (Å²) in [6.07, 6.45) is 0.173. The van der Waals surface area contributed by atoms with Gasteiger partial charge in [0.25, 0.3) is 0 Å². The monoisotopic (exact) mass is 340 g/mol. The summed E-state index contributed by atoms with van der Waals surface area (Å²) < 4.78 is 5.67. The zero-order valence-corrected chi connectivity index (χ0v) is 14.0. The predicted octanol–water partition coefficient (Wildman–Crippen LogP) is 4.16. The maximum absolute atomic E-state index is 12.2. The molecule has 0 aliphatic heterocycles. The number of amides is 1. The SMILES string of the molecule is Cc1oc(-c2ccccc2)nc1CC(=O)NCc1ccccc1Cl. The van der Waals surface area contributed by atoms with E-state index in [0.717, 1.165) is 11.1 Å². The number of oxazole rings is 1. The topological polar surface area (TPSA) is 55.1 Å². The second-order valence-electron chi connectivity index (χ2n) is 5.43. The van der Waals surface area contributed by atoms with Crippen LogP contribution in [-0.2, 0) is 17.8 Å². The van der Waals surface area contributed by atoms with E-state index in [4.69, 9.17) is 16.0 Å². The first-order chi connectivity index (χ1) is 11.6. The fourth-order valence-electron chi connectivity index (χ4n) is 2.35. The number of aryl methyl sites for hydroxylation is 1. The lowest BCUT2D eigenvalue weighted by Gasteiger charge is -2.06. The predicted molar refractivity (Wildman–Crippen MR) is 93.7 cm³/mol. The van der Waals surface area contributed by atoms with E-state index in [0.29, 0.717) is 28.9 Å². The molecule has 1 amide bonds. The molecule has 1 N–H and O–H groups in total. The number of benzene rings is 2. The average Bonchev–Trinajstić information content (AvgIpc) is 2.96. The van der Waals surface area contributed by atoms with Crippen LogP contribution < -0.4 is 5.32 Å². The quantitative estimate of drug-likeness (QED) is 0.758. The first-order valence-corrected chi connectivity index (χ1v) is 8.03. The lowest BCUT2D eigenvalue weighted by Crippen LogP contribution is -2.25. The molecule has 3 rings (SSSR count). The molecule has 0 aliphatic carbocycles. The second-order valence-corrected chi connectivity index (χ2v) is 5.84. The molecule has 0 atom stereocenters. The maximum Gasteiger partial charge on any atom is 0.226 e. The Balaban J connectivity index is 1.65. The Kier molecular flexibility index (Phi) is 4.96. The zero-order chi connectivity index (χ0) is 16.9. The van der Waals surface area contributed by atoms with Crippen LogP contribution in [0.25, 0.3) is 11.5 Å². The van der Waals surface area contributed by atoms with Crippen molar-refractivity contribution in [2.75, 3.05) is 0 Å². The Morgan fingerprint density at radius 2 is 1.83 bits per heavy atom. The standard InChI is InChI=1S/C19H17ClN2O2/c1-13-17(22-19(24-13)14-7-3-2-4-8-14)11-18(23)21-12-15-9-5-6-10-16(15)20/h2-10H,11-12H2,1H3,(H,21,23). The summed E-state index contributed by atoms with van der Waals surface area (Å²) in [4.78, 5) is 16.6. The summed E-state index contributed by atoms with van der Waals surface area (Å²) in [5, 5.41) is 3.50. The van der Waals surface area contributed by atoms with Crippen LogP contribution in [0.5, 0.6) is 0 Å². The lowest BCUT2D eigenvalue weighted by molar-refractivity contribution is -0.120. The van der Waals surface area contributed by atoms with Crippen LogP contribution in [0.3, 0.4) is 0 Å². The maximum atomic E-state index is 12.2. The van der Waals surface area contributed by atoms with Crippen LogP contribution in [0, 0.1) is 6.92 Å². The Morgan fingerprint density at radius 1 is 1.12 bits per heavy atom. The number of nitrogens with one attached hydrogen (secondary N) is 1. The lowest BCUT2D eigenvalue weighted by atomic mass is 10.2. The highest BCUT2D eigenvalue weighted by Crippen LogP contribution is 2.21. The number of hydrogen-bond acceptors (Lipinski definition) is 3. The summed E-state index contributed by atoms with van der Waals surface area (Å²) in [7, 11) is 0. The van der Waals surface area contributed by atoms with Crippen LogP contribution in [0.4, 0.5) is 0 Å². The zero-order valence-electron chi connectivity index (χ0n) is 13.3. The van der Waals surface area contributed by atoms with Crippen molar-refractivity contribution in [1.29, 1.82) is 0 Å². The molecule has 0 saturated carbocycles. The molecule has 0 fully saturated rings. The molecular formula is C19H17ClN2O2. The molecule has 0 radical (unpaired) electrons. The Hall–Kier alpha value is -2.59. The molecule has 2 aromatic carbocycles. The summed E-state index contributed by atoms with van der Waals surface area (Å²) in [5.74, 6) is 1.06. The summed E-state index contributed by atoms with van der Waals surface area (Å²) in [6.45, 7) is 2.21. The van der Waals surface area contributed by atoms with E-state index in [1.165, 1.54) is 0 Å². The van der Waals surface area contributed by atoms with Gasteiger partial charge in [-0.05, 0) is 30.7 Å². The van der Waals surface area contributed by atoms with Crippen molar-refractivity contribution in [2.24, 2.45) is 0 Å². The molecule has 4 nitrogen and oxygen atoms in total. The van der Waals surface area contributed by atoms with Crippen molar-refractivity contribution in [1.82, 2.24) is 10.3 Å².